The van der Waals surface area contributed by atoms with Gasteiger partial charge in [-0.3, -0.25) is 4.99 Å². The Labute approximate surface area is 130 Å². The number of hydrogen-bond acceptors (Lipinski definition) is 4. The first-order valence-corrected chi connectivity index (χ1v) is 6.18. The summed E-state index contributed by atoms with van der Waals surface area (Å²) in [6, 6.07) is 1.84. The van der Waals surface area contributed by atoms with Crippen molar-refractivity contribution in [3.8, 4) is 0 Å². The highest BCUT2D eigenvalue weighted by atomic mass is 127. The minimum atomic E-state index is 0. The van der Waals surface area contributed by atoms with E-state index in [1.807, 2.05) is 13.1 Å². The van der Waals surface area contributed by atoms with Gasteiger partial charge < -0.3 is 19.5 Å². The third-order valence-electron chi connectivity index (χ3n) is 3.05. The van der Waals surface area contributed by atoms with Crippen LogP contribution in [-0.4, -0.2) is 49.9 Å². The maximum absolute atomic E-state index is 5.38. The number of nitrogens with one attached hydrogen (secondary N) is 1. The molecule has 1 atom stereocenters. The van der Waals surface area contributed by atoms with Gasteiger partial charge in [-0.1, -0.05) is 5.16 Å². The van der Waals surface area contributed by atoms with E-state index in [1.54, 1.807) is 13.3 Å². The fourth-order valence-corrected chi connectivity index (χ4v) is 2.08. The molecule has 1 fully saturated rings. The van der Waals surface area contributed by atoms with Gasteiger partial charge in [0.2, 0.25) is 0 Å². The standard InChI is InChI=1S/C12H20N4O2.HI/c1-13-12(14-7-11-4-6-18-15-11)16(2)8-10-3-5-17-9-10;/h4,6,10H,3,5,7-9H2,1-2H3,(H,13,14);1H. The van der Waals surface area contributed by atoms with Gasteiger partial charge in [0, 0.05) is 39.2 Å². The van der Waals surface area contributed by atoms with E-state index < -0.39 is 0 Å². The molecule has 1 N–H and O–H groups in total. The minimum absolute atomic E-state index is 0. The summed E-state index contributed by atoms with van der Waals surface area (Å²) in [5, 5.41) is 7.11. The zero-order valence-corrected chi connectivity index (χ0v) is 13.7. The molecule has 108 valence electrons. The van der Waals surface area contributed by atoms with Gasteiger partial charge in [-0.15, -0.1) is 24.0 Å². The van der Waals surface area contributed by atoms with Gasteiger partial charge in [-0.2, -0.15) is 0 Å². The van der Waals surface area contributed by atoms with Crippen molar-refractivity contribution in [2.75, 3.05) is 33.9 Å². The maximum atomic E-state index is 5.38. The molecule has 2 heterocycles. The van der Waals surface area contributed by atoms with E-state index in [0.717, 1.165) is 37.8 Å². The number of aromatic nitrogens is 1. The van der Waals surface area contributed by atoms with E-state index in [-0.39, 0.29) is 24.0 Å². The summed E-state index contributed by atoms with van der Waals surface area (Å²) in [4.78, 5) is 6.39. The van der Waals surface area contributed by atoms with E-state index in [4.69, 9.17) is 9.26 Å². The molecule has 0 saturated carbocycles. The summed E-state index contributed by atoms with van der Waals surface area (Å²) < 4.78 is 10.2. The van der Waals surface area contributed by atoms with Crippen LogP contribution >= 0.6 is 24.0 Å². The fourth-order valence-electron chi connectivity index (χ4n) is 2.08. The van der Waals surface area contributed by atoms with Crippen molar-refractivity contribution >= 4 is 29.9 Å². The number of guanidine groups is 1. The molecule has 1 aliphatic rings. The summed E-state index contributed by atoms with van der Waals surface area (Å²) in [6.07, 6.45) is 2.70. The number of nitrogens with zero attached hydrogens (tertiary/aromatic N) is 3. The van der Waals surface area contributed by atoms with Gasteiger partial charge in [0.15, 0.2) is 5.96 Å². The minimum Gasteiger partial charge on any atom is -0.381 e. The van der Waals surface area contributed by atoms with Crippen LogP contribution in [0.3, 0.4) is 0 Å². The van der Waals surface area contributed by atoms with Crippen molar-refractivity contribution in [2.45, 2.75) is 13.0 Å². The van der Waals surface area contributed by atoms with Crippen LogP contribution in [0.1, 0.15) is 12.1 Å². The highest BCUT2D eigenvalue weighted by molar-refractivity contribution is 14.0. The lowest BCUT2D eigenvalue weighted by Crippen LogP contribution is -2.41. The van der Waals surface area contributed by atoms with Crippen LogP contribution in [0.25, 0.3) is 0 Å². The van der Waals surface area contributed by atoms with Crippen molar-refractivity contribution in [2.24, 2.45) is 10.9 Å². The molecule has 6 nitrogen and oxygen atoms in total. The highest BCUT2D eigenvalue weighted by Gasteiger charge is 2.19. The van der Waals surface area contributed by atoms with Gasteiger partial charge in [0.25, 0.3) is 0 Å². The smallest absolute Gasteiger partial charge is 0.193 e. The van der Waals surface area contributed by atoms with Crippen LogP contribution < -0.4 is 5.32 Å². The largest absolute Gasteiger partial charge is 0.381 e. The number of ether oxygens (including phenoxy) is 1. The molecule has 2 rings (SSSR count). The summed E-state index contributed by atoms with van der Waals surface area (Å²) in [6.45, 7) is 3.31. The Bertz CT molecular complexity index is 377. The molecule has 1 aromatic rings. The molecule has 1 aliphatic heterocycles. The van der Waals surface area contributed by atoms with Crippen LogP contribution in [-0.2, 0) is 11.3 Å². The second kappa shape index (κ2) is 8.36. The van der Waals surface area contributed by atoms with Crippen molar-refractivity contribution in [1.82, 2.24) is 15.4 Å². The van der Waals surface area contributed by atoms with Crippen molar-refractivity contribution in [1.29, 1.82) is 0 Å². The molecule has 1 saturated heterocycles. The first kappa shape index (κ1) is 16.2. The maximum Gasteiger partial charge on any atom is 0.193 e. The van der Waals surface area contributed by atoms with E-state index in [2.05, 4.69) is 20.4 Å². The van der Waals surface area contributed by atoms with Crippen LogP contribution in [0.4, 0.5) is 0 Å². The first-order chi connectivity index (χ1) is 8.79. The van der Waals surface area contributed by atoms with Gasteiger partial charge in [-0.25, -0.2) is 0 Å². The Morgan fingerprint density at radius 2 is 2.47 bits per heavy atom. The molecular formula is C12H21IN4O2. The topological polar surface area (TPSA) is 62.9 Å². The zero-order chi connectivity index (χ0) is 12.8. The Kier molecular flexibility index (Phi) is 7.14. The van der Waals surface area contributed by atoms with Gasteiger partial charge in [-0.05, 0) is 6.42 Å². The second-order valence-corrected chi connectivity index (χ2v) is 4.50. The molecule has 7 heteroatoms. The molecular weight excluding hydrogens is 359 g/mol. The molecule has 0 aromatic carbocycles. The van der Waals surface area contributed by atoms with Crippen molar-refractivity contribution < 1.29 is 9.26 Å². The Balaban J connectivity index is 0.00000180. The molecule has 19 heavy (non-hydrogen) atoms. The van der Waals surface area contributed by atoms with Crippen molar-refractivity contribution in [3.63, 3.8) is 0 Å². The van der Waals surface area contributed by atoms with Crippen LogP contribution in [0.5, 0.6) is 0 Å². The van der Waals surface area contributed by atoms with Crippen LogP contribution in [0.2, 0.25) is 0 Å². The van der Waals surface area contributed by atoms with Crippen molar-refractivity contribution in [3.05, 3.63) is 18.0 Å². The Morgan fingerprint density at radius 1 is 1.63 bits per heavy atom. The van der Waals surface area contributed by atoms with E-state index >= 15 is 0 Å². The average molecular weight is 380 g/mol. The number of hydrogen-bond donors (Lipinski definition) is 1. The third kappa shape index (κ3) is 4.98. The summed E-state index contributed by atoms with van der Waals surface area (Å²) in [5.41, 5.74) is 0.869. The molecule has 1 unspecified atom stereocenters. The molecule has 0 spiro atoms. The monoisotopic (exact) mass is 380 g/mol. The third-order valence-corrected chi connectivity index (χ3v) is 3.05. The zero-order valence-electron chi connectivity index (χ0n) is 11.3. The van der Waals surface area contributed by atoms with E-state index in [0.29, 0.717) is 12.5 Å². The lowest BCUT2D eigenvalue weighted by molar-refractivity contribution is 0.181. The van der Waals surface area contributed by atoms with E-state index in [9.17, 15) is 0 Å². The average Bonchev–Trinajstić information content (AvgIpc) is 3.02. The van der Waals surface area contributed by atoms with E-state index in [1.165, 1.54) is 0 Å². The highest BCUT2D eigenvalue weighted by Crippen LogP contribution is 2.13. The van der Waals surface area contributed by atoms with Gasteiger partial charge in [0.05, 0.1) is 13.2 Å². The summed E-state index contributed by atoms with van der Waals surface area (Å²) >= 11 is 0. The molecule has 0 amide bonds. The predicted octanol–water partition coefficient (Wildman–Crippen LogP) is 1.34. The normalized spacial score (nSPS) is 19.1. The molecule has 0 bridgehead atoms. The van der Waals surface area contributed by atoms with Gasteiger partial charge >= 0.3 is 0 Å². The quantitative estimate of drug-likeness (QED) is 0.485. The number of aliphatic imine (C=N–C) groups is 1. The Morgan fingerprint density at radius 3 is 3.05 bits per heavy atom. The molecule has 0 radical (unpaired) electrons. The van der Waals surface area contributed by atoms with Gasteiger partial charge in [0.1, 0.15) is 12.0 Å². The fraction of sp³-hybridized carbons (Fsp3) is 0.667. The lowest BCUT2D eigenvalue weighted by Gasteiger charge is -2.24. The van der Waals surface area contributed by atoms with Crippen LogP contribution in [0.15, 0.2) is 21.8 Å². The molecule has 0 aliphatic carbocycles. The predicted molar refractivity (Wildman–Crippen MR) is 83.7 cm³/mol. The number of rotatable bonds is 4. The number of halogens is 1. The summed E-state index contributed by atoms with van der Waals surface area (Å²) in [7, 11) is 3.82. The second-order valence-electron chi connectivity index (χ2n) is 4.50. The summed E-state index contributed by atoms with van der Waals surface area (Å²) in [5.74, 6) is 1.46. The Hall–Kier alpha value is -0.830. The SMILES string of the molecule is CN=C(NCc1ccon1)N(C)CC1CCOC1.I. The molecule has 1 aromatic heterocycles. The lowest BCUT2D eigenvalue weighted by atomic mass is 10.1. The van der Waals surface area contributed by atoms with Crippen LogP contribution in [0, 0.1) is 5.92 Å². The first-order valence-electron chi connectivity index (χ1n) is 6.18.